The van der Waals surface area contributed by atoms with Gasteiger partial charge >= 0.3 is 0 Å². The third-order valence-corrected chi connectivity index (χ3v) is 5.88. The highest BCUT2D eigenvalue weighted by atomic mass is 14.4. The molecule has 0 N–H and O–H groups in total. The van der Waals surface area contributed by atoms with E-state index in [1.165, 1.54) is 64.2 Å². The van der Waals surface area contributed by atoms with E-state index in [1.54, 1.807) is 5.56 Å². The maximum Gasteiger partial charge on any atom is -0.0154 e. The van der Waals surface area contributed by atoms with Crippen LogP contribution in [-0.2, 0) is 0 Å². The summed E-state index contributed by atoms with van der Waals surface area (Å²) in [6.07, 6.45) is 15.8. The van der Waals surface area contributed by atoms with Crippen molar-refractivity contribution >= 4 is 0 Å². The summed E-state index contributed by atoms with van der Waals surface area (Å²) in [5.41, 5.74) is 2.16. The Morgan fingerprint density at radius 3 is 2.52 bits per heavy atom. The molecule has 0 aliphatic heterocycles. The van der Waals surface area contributed by atoms with E-state index in [0.717, 1.165) is 11.8 Å². The molecule has 0 radical (unpaired) electrons. The fourth-order valence-corrected chi connectivity index (χ4v) is 5.08. The van der Waals surface area contributed by atoms with Crippen LogP contribution < -0.4 is 0 Å². The lowest BCUT2D eigenvalue weighted by molar-refractivity contribution is 0.0892. The van der Waals surface area contributed by atoms with Crippen molar-refractivity contribution in [2.24, 2.45) is 11.3 Å². The van der Waals surface area contributed by atoms with Gasteiger partial charge in [0.2, 0.25) is 0 Å². The second kappa shape index (κ2) is 9.30. The molecule has 1 fully saturated rings. The second-order valence-electron chi connectivity index (χ2n) is 7.84. The highest BCUT2D eigenvalue weighted by molar-refractivity contribution is 5.21. The van der Waals surface area contributed by atoms with Crippen LogP contribution in [0.15, 0.2) is 43.0 Å². The minimum absolute atomic E-state index is 0.580. The number of hydrogen-bond acceptors (Lipinski definition) is 0. The lowest BCUT2D eigenvalue weighted by Gasteiger charge is -2.45. The smallest absolute Gasteiger partial charge is 0.0154 e. The van der Waals surface area contributed by atoms with E-state index < -0.39 is 0 Å². The van der Waals surface area contributed by atoms with Crippen LogP contribution in [0.4, 0.5) is 0 Å². The number of benzene rings is 1. The zero-order valence-electron chi connectivity index (χ0n) is 15.4. The van der Waals surface area contributed by atoms with Gasteiger partial charge in [0.15, 0.2) is 0 Å². The Balaban J connectivity index is 2.18. The van der Waals surface area contributed by atoms with Gasteiger partial charge in [-0.1, -0.05) is 69.5 Å². The van der Waals surface area contributed by atoms with Crippen LogP contribution in [0, 0.1) is 11.3 Å². The van der Waals surface area contributed by atoms with Crippen LogP contribution in [0.2, 0.25) is 0 Å². The van der Waals surface area contributed by atoms with E-state index in [9.17, 15) is 0 Å². The van der Waals surface area contributed by atoms with Crippen LogP contribution in [0.1, 0.15) is 89.5 Å². The molecule has 1 saturated carbocycles. The number of rotatable bonds is 9. The fraction of sp³-hybridized carbons (Fsp3) is 0.652. The molecule has 0 aromatic heterocycles. The topological polar surface area (TPSA) is 0 Å². The molecule has 1 aliphatic carbocycles. The predicted molar refractivity (Wildman–Crippen MR) is 103 cm³/mol. The molecule has 0 heteroatoms. The quantitative estimate of drug-likeness (QED) is 0.327. The minimum atomic E-state index is 0.580. The molecule has 128 valence electrons. The van der Waals surface area contributed by atoms with Gasteiger partial charge in [0.1, 0.15) is 0 Å². The first-order valence-corrected chi connectivity index (χ1v) is 9.89. The van der Waals surface area contributed by atoms with E-state index in [-0.39, 0.29) is 0 Å². The van der Waals surface area contributed by atoms with Crippen molar-refractivity contribution in [1.82, 2.24) is 0 Å². The van der Waals surface area contributed by atoms with Crippen molar-refractivity contribution in [2.75, 3.05) is 0 Å². The Morgan fingerprint density at radius 1 is 1.09 bits per heavy atom. The second-order valence-corrected chi connectivity index (χ2v) is 7.84. The predicted octanol–water partition coefficient (Wildman–Crippen LogP) is 7.51. The Hall–Kier alpha value is -1.04. The third-order valence-electron chi connectivity index (χ3n) is 5.88. The first-order valence-electron chi connectivity index (χ1n) is 9.89. The van der Waals surface area contributed by atoms with E-state index in [1.807, 2.05) is 0 Å². The molecule has 0 nitrogen and oxygen atoms in total. The zero-order chi connectivity index (χ0) is 16.5. The van der Waals surface area contributed by atoms with E-state index in [4.69, 9.17) is 0 Å². The first kappa shape index (κ1) is 18.3. The molecule has 0 heterocycles. The monoisotopic (exact) mass is 312 g/mol. The number of allylic oxidation sites excluding steroid dienone is 1. The van der Waals surface area contributed by atoms with E-state index in [2.05, 4.69) is 56.8 Å². The Kier molecular flexibility index (Phi) is 7.40. The van der Waals surface area contributed by atoms with Gasteiger partial charge < -0.3 is 0 Å². The Morgan fingerprint density at radius 2 is 1.87 bits per heavy atom. The van der Waals surface area contributed by atoms with Crippen molar-refractivity contribution in [3.05, 3.63) is 48.6 Å². The zero-order valence-corrected chi connectivity index (χ0v) is 15.4. The highest BCUT2D eigenvalue weighted by Gasteiger charge is 2.39. The standard InChI is InChI=1S/C23H36/c1-4-7-11-16-23(15-6-3)18-20(12-5-2)17-22(19-23)21-13-9-8-10-14-21/h4,8-10,13-14,20,22H,1,5-7,11-12,15-19H2,2-3H3. The molecule has 0 bridgehead atoms. The number of hydrogen-bond donors (Lipinski definition) is 0. The van der Waals surface area contributed by atoms with E-state index in [0.29, 0.717) is 5.41 Å². The molecule has 23 heavy (non-hydrogen) atoms. The van der Waals surface area contributed by atoms with Crippen LogP contribution >= 0.6 is 0 Å². The molecule has 1 aliphatic rings. The molecule has 0 saturated heterocycles. The lowest BCUT2D eigenvalue weighted by atomic mass is 9.60. The van der Waals surface area contributed by atoms with Crippen molar-refractivity contribution in [2.45, 2.75) is 84.0 Å². The summed E-state index contributed by atoms with van der Waals surface area (Å²) in [6.45, 7) is 8.64. The SMILES string of the molecule is C=CCCCC1(CCC)CC(CCC)CC(c2ccccc2)C1. The van der Waals surface area contributed by atoms with Crippen molar-refractivity contribution in [3.63, 3.8) is 0 Å². The summed E-state index contributed by atoms with van der Waals surface area (Å²) in [5.74, 6) is 1.70. The summed E-state index contributed by atoms with van der Waals surface area (Å²) >= 11 is 0. The van der Waals surface area contributed by atoms with Gasteiger partial charge in [0, 0.05) is 0 Å². The van der Waals surface area contributed by atoms with Gasteiger partial charge in [-0.25, -0.2) is 0 Å². The van der Waals surface area contributed by atoms with Gasteiger partial charge in [-0.05, 0) is 67.8 Å². The third kappa shape index (κ3) is 5.23. The van der Waals surface area contributed by atoms with E-state index >= 15 is 0 Å². The summed E-state index contributed by atoms with van der Waals surface area (Å²) in [5, 5.41) is 0. The molecular weight excluding hydrogens is 276 g/mol. The van der Waals surface area contributed by atoms with Crippen LogP contribution in [0.3, 0.4) is 0 Å². The van der Waals surface area contributed by atoms with Crippen molar-refractivity contribution < 1.29 is 0 Å². The molecule has 3 unspecified atom stereocenters. The molecule has 1 aromatic rings. The molecule has 1 aromatic carbocycles. The van der Waals surface area contributed by atoms with Gasteiger partial charge in [0.25, 0.3) is 0 Å². The van der Waals surface area contributed by atoms with Crippen LogP contribution in [0.25, 0.3) is 0 Å². The fourth-order valence-electron chi connectivity index (χ4n) is 5.08. The average Bonchev–Trinajstić information content (AvgIpc) is 2.56. The van der Waals surface area contributed by atoms with Gasteiger partial charge in [-0.15, -0.1) is 6.58 Å². The highest BCUT2D eigenvalue weighted by Crippen LogP contribution is 2.52. The molecule has 2 rings (SSSR count). The van der Waals surface area contributed by atoms with Gasteiger partial charge in [0.05, 0.1) is 0 Å². The Labute approximate surface area is 144 Å². The largest absolute Gasteiger partial charge is 0.103 e. The van der Waals surface area contributed by atoms with Crippen LogP contribution in [0.5, 0.6) is 0 Å². The average molecular weight is 313 g/mol. The van der Waals surface area contributed by atoms with Crippen molar-refractivity contribution in [1.29, 1.82) is 0 Å². The summed E-state index contributed by atoms with van der Waals surface area (Å²) in [6, 6.07) is 11.3. The van der Waals surface area contributed by atoms with Crippen molar-refractivity contribution in [3.8, 4) is 0 Å². The van der Waals surface area contributed by atoms with Crippen LogP contribution in [-0.4, -0.2) is 0 Å². The molecule has 0 amide bonds. The molecular formula is C23H36. The maximum absolute atomic E-state index is 3.92. The minimum Gasteiger partial charge on any atom is -0.103 e. The Bertz CT molecular complexity index is 446. The summed E-state index contributed by atoms with van der Waals surface area (Å²) < 4.78 is 0. The lowest BCUT2D eigenvalue weighted by Crippen LogP contribution is -2.33. The maximum atomic E-state index is 3.92. The summed E-state index contributed by atoms with van der Waals surface area (Å²) in [7, 11) is 0. The van der Waals surface area contributed by atoms with Gasteiger partial charge in [-0.2, -0.15) is 0 Å². The molecule has 3 atom stereocenters. The summed E-state index contributed by atoms with van der Waals surface area (Å²) in [4.78, 5) is 0. The van der Waals surface area contributed by atoms with Gasteiger partial charge in [-0.3, -0.25) is 0 Å². The first-order chi connectivity index (χ1) is 11.2. The molecule has 0 spiro atoms. The number of unbranched alkanes of at least 4 members (excludes halogenated alkanes) is 1. The normalized spacial score (nSPS) is 27.7.